The molecule has 0 aromatic heterocycles. The van der Waals surface area contributed by atoms with Crippen molar-refractivity contribution in [2.45, 2.75) is 24.9 Å². The zero-order valence-electron chi connectivity index (χ0n) is 12.4. The molecule has 0 spiro atoms. The fourth-order valence-corrected chi connectivity index (χ4v) is 9.71. The molecular weight excluding hydrogens is 272 g/mol. The molecule has 1 aliphatic rings. The highest BCUT2D eigenvalue weighted by atomic mass is 32.2. The smallest absolute Gasteiger partial charge is 0.166 e. The lowest BCUT2D eigenvalue weighted by molar-refractivity contribution is 0.142. The summed E-state index contributed by atoms with van der Waals surface area (Å²) in [6, 6.07) is 8.56. The van der Waals surface area contributed by atoms with E-state index in [0.29, 0.717) is 16.1 Å². The zero-order chi connectivity index (χ0) is 13.9. The summed E-state index contributed by atoms with van der Waals surface area (Å²) < 4.78 is 11.0. The monoisotopic (exact) mass is 297 g/mol. The maximum atomic E-state index is 5.73. The number of ether oxygens (including phenoxy) is 2. The Balaban J connectivity index is 2.13. The van der Waals surface area contributed by atoms with Gasteiger partial charge in [-0.1, -0.05) is 31.8 Å². The molecule has 2 atom stereocenters. The van der Waals surface area contributed by atoms with E-state index >= 15 is 0 Å². The van der Waals surface area contributed by atoms with E-state index in [-0.39, 0.29) is 0 Å². The first-order chi connectivity index (χ1) is 8.99. The van der Waals surface area contributed by atoms with Gasteiger partial charge in [0.2, 0.25) is 0 Å². The van der Waals surface area contributed by atoms with Crippen LogP contribution in [-0.2, 0) is 15.6 Å². The van der Waals surface area contributed by atoms with E-state index in [1.807, 2.05) is 0 Å². The van der Waals surface area contributed by atoms with Crippen molar-refractivity contribution in [1.82, 2.24) is 0 Å². The molecule has 1 fully saturated rings. The SMILES string of the molecule is COc1ccc([C@H]2COCC[S+]2C[Si](C)(C)C)cc1. The third-order valence-corrected chi connectivity index (χ3v) is 10.1. The van der Waals surface area contributed by atoms with Crippen LogP contribution in [0.25, 0.3) is 0 Å². The summed E-state index contributed by atoms with van der Waals surface area (Å²) in [6.07, 6.45) is 0. The number of benzene rings is 1. The van der Waals surface area contributed by atoms with E-state index in [2.05, 4.69) is 43.9 Å². The Hall–Kier alpha value is -0.453. The summed E-state index contributed by atoms with van der Waals surface area (Å²) in [5.74, 6) is 2.17. The third kappa shape index (κ3) is 4.26. The molecule has 0 saturated carbocycles. The van der Waals surface area contributed by atoms with Gasteiger partial charge in [-0.3, -0.25) is 0 Å². The number of hydrogen-bond donors (Lipinski definition) is 0. The van der Waals surface area contributed by atoms with Crippen LogP contribution < -0.4 is 4.74 Å². The molecule has 1 saturated heterocycles. The molecule has 1 aliphatic heterocycles. The van der Waals surface area contributed by atoms with Gasteiger partial charge in [-0.2, -0.15) is 0 Å². The summed E-state index contributed by atoms with van der Waals surface area (Å²) in [7, 11) is 1.20. The van der Waals surface area contributed by atoms with E-state index in [4.69, 9.17) is 9.47 Å². The van der Waals surface area contributed by atoms with E-state index < -0.39 is 8.07 Å². The van der Waals surface area contributed by atoms with Gasteiger partial charge >= 0.3 is 0 Å². The highest BCUT2D eigenvalue weighted by molar-refractivity contribution is 7.98. The van der Waals surface area contributed by atoms with Crippen LogP contribution in [0.5, 0.6) is 5.75 Å². The average molecular weight is 298 g/mol. The van der Waals surface area contributed by atoms with E-state index in [1.165, 1.54) is 16.7 Å². The van der Waals surface area contributed by atoms with Crippen molar-refractivity contribution in [2.24, 2.45) is 0 Å². The molecule has 1 aromatic carbocycles. The summed E-state index contributed by atoms with van der Waals surface area (Å²) >= 11 is 0. The van der Waals surface area contributed by atoms with Crippen LogP contribution in [0, 0.1) is 0 Å². The zero-order valence-corrected chi connectivity index (χ0v) is 14.3. The predicted octanol–water partition coefficient (Wildman–Crippen LogP) is 3.26. The van der Waals surface area contributed by atoms with Gasteiger partial charge in [0.05, 0.1) is 25.7 Å². The Morgan fingerprint density at radius 3 is 2.53 bits per heavy atom. The molecule has 0 bridgehead atoms. The summed E-state index contributed by atoms with van der Waals surface area (Å²) in [5.41, 5.74) is 1.42. The van der Waals surface area contributed by atoms with Crippen LogP contribution in [0.2, 0.25) is 19.6 Å². The second-order valence-corrected chi connectivity index (χ2v) is 14.6. The van der Waals surface area contributed by atoms with Gasteiger partial charge in [0.25, 0.3) is 0 Å². The Labute approximate surface area is 120 Å². The van der Waals surface area contributed by atoms with Gasteiger partial charge in [0.15, 0.2) is 5.25 Å². The fraction of sp³-hybridized carbons (Fsp3) is 0.600. The van der Waals surface area contributed by atoms with Crippen LogP contribution in [0.1, 0.15) is 10.8 Å². The maximum absolute atomic E-state index is 5.73. The molecule has 1 heterocycles. The van der Waals surface area contributed by atoms with Crippen LogP contribution in [0.15, 0.2) is 24.3 Å². The van der Waals surface area contributed by atoms with Crippen molar-refractivity contribution in [2.75, 3.05) is 31.5 Å². The molecule has 19 heavy (non-hydrogen) atoms. The first kappa shape index (κ1) is 14.9. The molecule has 0 N–H and O–H groups in total. The first-order valence-corrected chi connectivity index (χ1v) is 12.2. The molecule has 2 rings (SSSR count). The second-order valence-electron chi connectivity index (χ2n) is 6.28. The molecule has 106 valence electrons. The van der Waals surface area contributed by atoms with Crippen molar-refractivity contribution in [3.05, 3.63) is 29.8 Å². The number of rotatable bonds is 4. The molecule has 0 aliphatic carbocycles. The highest BCUT2D eigenvalue weighted by Gasteiger charge is 2.39. The second kappa shape index (κ2) is 6.33. The van der Waals surface area contributed by atoms with Gasteiger partial charge in [0.1, 0.15) is 19.6 Å². The molecule has 1 unspecified atom stereocenters. The lowest BCUT2D eigenvalue weighted by Gasteiger charge is -2.28. The minimum absolute atomic E-state index is 0.484. The number of hydrogen-bond acceptors (Lipinski definition) is 2. The Morgan fingerprint density at radius 2 is 1.95 bits per heavy atom. The molecule has 0 radical (unpaired) electrons. The third-order valence-electron chi connectivity index (χ3n) is 3.27. The van der Waals surface area contributed by atoms with Gasteiger partial charge in [-0.05, 0) is 23.0 Å². The van der Waals surface area contributed by atoms with Gasteiger partial charge in [-0.25, -0.2) is 0 Å². The molecular formula is C15H25O2SSi+. The lowest BCUT2D eigenvalue weighted by atomic mass is 10.1. The maximum Gasteiger partial charge on any atom is 0.166 e. The van der Waals surface area contributed by atoms with Gasteiger partial charge in [0, 0.05) is 5.56 Å². The molecule has 1 aromatic rings. The Morgan fingerprint density at radius 1 is 1.26 bits per heavy atom. The Kier molecular flexibility index (Phi) is 4.98. The van der Waals surface area contributed by atoms with Crippen molar-refractivity contribution in [1.29, 1.82) is 0 Å². The quantitative estimate of drug-likeness (QED) is 0.627. The number of methoxy groups -OCH3 is 1. The predicted molar refractivity (Wildman–Crippen MR) is 87.0 cm³/mol. The normalized spacial score (nSPS) is 24.2. The van der Waals surface area contributed by atoms with Crippen LogP contribution in [-0.4, -0.2) is 39.5 Å². The minimum atomic E-state index is -1.00. The van der Waals surface area contributed by atoms with Gasteiger partial charge in [-0.15, -0.1) is 0 Å². The van der Waals surface area contributed by atoms with Crippen molar-refractivity contribution >= 4 is 19.0 Å². The Bertz CT molecular complexity index is 400. The summed E-state index contributed by atoms with van der Waals surface area (Å²) in [4.78, 5) is 0. The topological polar surface area (TPSA) is 18.5 Å². The van der Waals surface area contributed by atoms with Crippen LogP contribution in [0.4, 0.5) is 0 Å². The fourth-order valence-electron chi connectivity index (χ4n) is 2.43. The first-order valence-electron chi connectivity index (χ1n) is 6.87. The summed E-state index contributed by atoms with van der Waals surface area (Å²) in [5, 5.41) is 2.01. The average Bonchev–Trinajstić information content (AvgIpc) is 2.38. The van der Waals surface area contributed by atoms with E-state index in [1.54, 1.807) is 7.11 Å². The largest absolute Gasteiger partial charge is 0.497 e. The summed E-state index contributed by atoms with van der Waals surface area (Å²) in [6.45, 7) is 9.25. The molecule has 4 heteroatoms. The standard InChI is InChI=1S/C15H25O2SSi/c1-16-14-7-5-13(6-8-14)15-11-17-9-10-18(15)12-19(2,3)4/h5-8,15H,9-12H2,1-4H3/q+1/t15-,18?/m1/s1. The molecule has 0 amide bonds. The van der Waals surface area contributed by atoms with E-state index in [9.17, 15) is 0 Å². The molecule has 2 nitrogen and oxygen atoms in total. The minimum Gasteiger partial charge on any atom is -0.497 e. The van der Waals surface area contributed by atoms with Crippen molar-refractivity contribution < 1.29 is 9.47 Å². The van der Waals surface area contributed by atoms with Gasteiger partial charge < -0.3 is 9.47 Å². The van der Waals surface area contributed by atoms with E-state index in [0.717, 1.165) is 19.0 Å². The van der Waals surface area contributed by atoms with Crippen molar-refractivity contribution in [3.8, 4) is 5.75 Å². The van der Waals surface area contributed by atoms with Crippen LogP contribution >= 0.6 is 0 Å². The van der Waals surface area contributed by atoms with Crippen LogP contribution in [0.3, 0.4) is 0 Å². The van der Waals surface area contributed by atoms with Crippen molar-refractivity contribution in [3.63, 3.8) is 0 Å². The highest BCUT2D eigenvalue weighted by Crippen LogP contribution is 2.31. The lowest BCUT2D eigenvalue weighted by Crippen LogP contribution is -2.41.